The Morgan fingerprint density at radius 1 is 0.889 bits per heavy atom. The Morgan fingerprint density at radius 3 is 2.37 bits per heavy atom. The van der Waals surface area contributed by atoms with Gasteiger partial charge in [0.15, 0.2) is 0 Å². The van der Waals surface area contributed by atoms with Crippen LogP contribution in [0.15, 0.2) is 73.3 Å². The molecule has 0 bridgehead atoms. The van der Waals surface area contributed by atoms with E-state index in [9.17, 15) is 0 Å². The summed E-state index contributed by atoms with van der Waals surface area (Å²) in [6, 6.07) is 20.2. The van der Waals surface area contributed by atoms with E-state index in [1.165, 1.54) is 48.1 Å². The smallest absolute Gasteiger partial charge is 0.0205 e. The van der Waals surface area contributed by atoms with Crippen molar-refractivity contribution in [1.82, 2.24) is 0 Å². The van der Waals surface area contributed by atoms with E-state index in [1.807, 2.05) is 12.2 Å². The van der Waals surface area contributed by atoms with Crippen LogP contribution in [0.25, 0.3) is 28.3 Å². The molecule has 0 aliphatic heterocycles. The molecule has 0 amide bonds. The van der Waals surface area contributed by atoms with Crippen LogP contribution in [0.1, 0.15) is 36.1 Å². The number of hydrogen-bond donors (Lipinski definition) is 0. The summed E-state index contributed by atoms with van der Waals surface area (Å²) in [5.74, 6) is 0. The van der Waals surface area contributed by atoms with Crippen molar-refractivity contribution in [3.63, 3.8) is 0 Å². The molecule has 0 spiro atoms. The van der Waals surface area contributed by atoms with Crippen LogP contribution in [-0.4, -0.2) is 0 Å². The van der Waals surface area contributed by atoms with Crippen molar-refractivity contribution >= 4 is 28.7 Å². The molecule has 4 rings (SSSR count). The molecule has 1 heteroatoms. The van der Waals surface area contributed by atoms with Gasteiger partial charge in [0.05, 0.1) is 0 Å². The maximum atomic E-state index is 3.80. The second-order valence-corrected chi connectivity index (χ2v) is 8.82. The van der Waals surface area contributed by atoms with Gasteiger partial charge >= 0.3 is 0 Å². The zero-order chi connectivity index (χ0) is 19.2. The second kappa shape index (κ2) is 6.79. The minimum absolute atomic E-state index is 0.0324. The Morgan fingerprint density at radius 2 is 1.59 bits per heavy atom. The number of benzene rings is 3. The van der Waals surface area contributed by atoms with Crippen LogP contribution in [-0.2, 0) is 5.41 Å². The lowest BCUT2D eigenvalue weighted by Gasteiger charge is -2.22. The molecule has 1 aliphatic rings. The molecule has 0 atom stereocenters. The summed E-state index contributed by atoms with van der Waals surface area (Å²) < 4.78 is 1.26. The fourth-order valence-corrected chi connectivity index (χ4v) is 5.01. The van der Waals surface area contributed by atoms with Crippen molar-refractivity contribution in [3.05, 3.63) is 99.2 Å². The molecule has 1 aliphatic carbocycles. The average molecular weight is 462 g/mol. The molecule has 3 aromatic carbocycles. The second-order valence-electron chi connectivity index (χ2n) is 7.66. The van der Waals surface area contributed by atoms with Gasteiger partial charge in [-0.25, -0.2) is 0 Å². The highest BCUT2D eigenvalue weighted by Gasteiger charge is 2.35. The van der Waals surface area contributed by atoms with E-state index >= 15 is 0 Å². The van der Waals surface area contributed by atoms with E-state index in [2.05, 4.69) is 111 Å². The third-order valence-corrected chi connectivity index (χ3v) is 6.70. The number of allylic oxidation sites excluding steroid dienone is 2. The van der Waals surface area contributed by atoms with Gasteiger partial charge in [0.1, 0.15) is 0 Å². The van der Waals surface area contributed by atoms with E-state index in [0.29, 0.717) is 0 Å². The van der Waals surface area contributed by atoms with Crippen LogP contribution in [0.3, 0.4) is 0 Å². The molecule has 0 unspecified atom stereocenters. The summed E-state index contributed by atoms with van der Waals surface area (Å²) >= 11 is 2.41. The molecular formula is C26H23I. The van der Waals surface area contributed by atoms with Crippen molar-refractivity contribution in [2.24, 2.45) is 0 Å². The number of halogens is 1. The highest BCUT2D eigenvalue weighted by Crippen LogP contribution is 2.49. The Balaban J connectivity index is 1.89. The topological polar surface area (TPSA) is 0 Å². The van der Waals surface area contributed by atoms with Crippen LogP contribution >= 0.6 is 22.6 Å². The fourth-order valence-electron chi connectivity index (χ4n) is 4.25. The van der Waals surface area contributed by atoms with Gasteiger partial charge in [-0.15, -0.1) is 0 Å². The van der Waals surface area contributed by atoms with Crippen LogP contribution in [0.2, 0.25) is 0 Å². The summed E-state index contributed by atoms with van der Waals surface area (Å²) in [5.41, 5.74) is 10.8. The predicted molar refractivity (Wildman–Crippen MR) is 126 cm³/mol. The predicted octanol–water partition coefficient (Wildman–Crippen LogP) is 7.77. The normalized spacial score (nSPS) is 14.2. The number of rotatable bonds is 3. The van der Waals surface area contributed by atoms with E-state index in [-0.39, 0.29) is 5.41 Å². The van der Waals surface area contributed by atoms with Gasteiger partial charge in [-0.05, 0) is 86.2 Å². The average Bonchev–Trinajstić information content (AvgIpc) is 2.89. The largest absolute Gasteiger partial charge is 0.0991 e. The zero-order valence-electron chi connectivity index (χ0n) is 16.0. The Labute approximate surface area is 175 Å². The van der Waals surface area contributed by atoms with Crippen molar-refractivity contribution in [1.29, 1.82) is 0 Å². The van der Waals surface area contributed by atoms with Crippen LogP contribution in [0.4, 0.5) is 0 Å². The maximum Gasteiger partial charge on any atom is 0.0205 e. The molecule has 0 nitrogen and oxygen atoms in total. The molecule has 0 heterocycles. The lowest BCUT2D eigenvalue weighted by Crippen LogP contribution is -2.14. The van der Waals surface area contributed by atoms with Gasteiger partial charge < -0.3 is 0 Å². The summed E-state index contributed by atoms with van der Waals surface area (Å²) in [7, 11) is 0. The summed E-state index contributed by atoms with van der Waals surface area (Å²) in [6.45, 7) is 10.7. The molecule has 0 N–H and O–H groups in total. The van der Waals surface area contributed by atoms with E-state index in [4.69, 9.17) is 0 Å². The first-order valence-electron chi connectivity index (χ1n) is 9.28. The van der Waals surface area contributed by atoms with E-state index < -0.39 is 0 Å². The number of fused-ring (bicyclic) bond motifs is 3. The zero-order valence-corrected chi connectivity index (χ0v) is 18.2. The van der Waals surface area contributed by atoms with E-state index in [0.717, 1.165) is 0 Å². The van der Waals surface area contributed by atoms with Gasteiger partial charge in [0, 0.05) is 8.99 Å². The third-order valence-electron chi connectivity index (χ3n) is 5.76. The van der Waals surface area contributed by atoms with Gasteiger partial charge in [-0.3, -0.25) is 0 Å². The van der Waals surface area contributed by atoms with Gasteiger partial charge in [-0.2, -0.15) is 0 Å². The highest BCUT2D eigenvalue weighted by atomic mass is 127. The van der Waals surface area contributed by atoms with Crippen molar-refractivity contribution < 1.29 is 0 Å². The molecule has 134 valence electrons. The first-order valence-corrected chi connectivity index (χ1v) is 10.4. The lowest BCUT2D eigenvalue weighted by molar-refractivity contribution is 0.660. The van der Waals surface area contributed by atoms with Crippen molar-refractivity contribution in [2.45, 2.75) is 26.2 Å². The SMILES string of the molecule is C=C/C=C\c1c(I)ccc(-c2ccc3c(c2)C(C)(C)c2ccccc2-3)c1C. The maximum absolute atomic E-state index is 3.80. The molecular weight excluding hydrogens is 439 g/mol. The van der Waals surface area contributed by atoms with Crippen molar-refractivity contribution in [2.75, 3.05) is 0 Å². The standard InChI is InChI=1S/C26H23I/c1-5-6-9-20-17(2)19(14-15-25(20)27)18-12-13-22-21-10-7-8-11-23(21)26(3,4)24(22)16-18/h5-16H,1H2,2-4H3/b9-6-. The number of hydrogen-bond acceptors (Lipinski definition) is 0. The molecule has 0 fully saturated rings. The molecule has 0 radical (unpaired) electrons. The monoisotopic (exact) mass is 462 g/mol. The summed E-state index contributed by atoms with van der Waals surface area (Å²) in [4.78, 5) is 0. The molecule has 0 saturated heterocycles. The Kier molecular flexibility index (Phi) is 4.59. The fraction of sp³-hybridized carbons (Fsp3) is 0.154. The Bertz CT molecular complexity index is 1080. The summed E-state index contributed by atoms with van der Waals surface area (Å²) in [6.07, 6.45) is 5.99. The van der Waals surface area contributed by atoms with Gasteiger partial charge in [-0.1, -0.05) is 81.1 Å². The summed E-state index contributed by atoms with van der Waals surface area (Å²) in [5, 5.41) is 0. The quantitative estimate of drug-likeness (QED) is 0.276. The molecule has 0 aromatic heterocycles. The third kappa shape index (κ3) is 2.89. The van der Waals surface area contributed by atoms with Gasteiger partial charge in [0.25, 0.3) is 0 Å². The molecule has 0 saturated carbocycles. The van der Waals surface area contributed by atoms with Crippen LogP contribution < -0.4 is 0 Å². The van der Waals surface area contributed by atoms with Crippen molar-refractivity contribution in [3.8, 4) is 22.3 Å². The first kappa shape index (κ1) is 18.2. The minimum Gasteiger partial charge on any atom is -0.0991 e. The molecule has 27 heavy (non-hydrogen) atoms. The van der Waals surface area contributed by atoms with E-state index in [1.54, 1.807) is 0 Å². The highest BCUT2D eigenvalue weighted by molar-refractivity contribution is 14.1. The van der Waals surface area contributed by atoms with Crippen LogP contribution in [0.5, 0.6) is 0 Å². The van der Waals surface area contributed by atoms with Gasteiger partial charge in [0.2, 0.25) is 0 Å². The Hall–Kier alpha value is -2.13. The first-order chi connectivity index (χ1) is 12.9. The lowest BCUT2D eigenvalue weighted by atomic mass is 9.81. The molecule has 3 aromatic rings. The van der Waals surface area contributed by atoms with Crippen LogP contribution in [0, 0.1) is 10.5 Å². The minimum atomic E-state index is 0.0324.